The van der Waals surface area contributed by atoms with Crippen LogP contribution in [0.4, 0.5) is 33.3 Å². The Kier molecular flexibility index (Phi) is 14.0. The fourth-order valence-corrected chi connectivity index (χ4v) is 13.5. The second kappa shape index (κ2) is 19.0. The van der Waals surface area contributed by atoms with Crippen LogP contribution in [-0.4, -0.2) is 133 Å². The van der Waals surface area contributed by atoms with E-state index < -0.39 is 64.6 Å². The van der Waals surface area contributed by atoms with Crippen LogP contribution in [0.1, 0.15) is 69.2 Å². The van der Waals surface area contributed by atoms with E-state index in [2.05, 4.69) is 38.4 Å². The van der Waals surface area contributed by atoms with Gasteiger partial charge in [-0.15, -0.1) is 11.8 Å². The number of alkyl halides is 5. The minimum atomic E-state index is -6.07. The normalized spacial score (nSPS) is 24.1. The fraction of sp³-hybridized carbons (Fsp3) is 0.542. The smallest absolute Gasteiger partial charge is 0.380 e. The Labute approximate surface area is 395 Å². The van der Waals surface area contributed by atoms with Crippen molar-refractivity contribution in [2.24, 2.45) is 16.2 Å². The van der Waals surface area contributed by atoms with Gasteiger partial charge in [0.1, 0.15) is 11.4 Å². The number of benzene rings is 3. The minimum Gasteiger partial charge on any atom is -0.380 e. The first kappa shape index (κ1) is 49.4. The molecule has 0 radical (unpaired) electrons. The molecule has 9 rings (SSSR count). The number of likely N-dealkylation sites (N-methyl/N-ethyl adjacent to an activating group) is 1. The maximum Gasteiger partial charge on any atom is 0.501 e. The van der Waals surface area contributed by atoms with Gasteiger partial charge in [-0.25, -0.2) is 34.9 Å². The van der Waals surface area contributed by atoms with Crippen LogP contribution in [0, 0.1) is 16.2 Å². The lowest BCUT2D eigenvalue weighted by atomic mass is 9.32. The van der Waals surface area contributed by atoms with Gasteiger partial charge in [-0.3, -0.25) is 14.6 Å². The maximum atomic E-state index is 14.2. The summed E-state index contributed by atoms with van der Waals surface area (Å²) in [6.07, 6.45) is 5.03. The maximum absolute atomic E-state index is 14.2. The summed E-state index contributed by atoms with van der Waals surface area (Å²) in [5.74, 6) is -0.678. The molecule has 3 saturated carbocycles. The van der Waals surface area contributed by atoms with Crippen molar-refractivity contribution in [3.05, 3.63) is 89.5 Å². The van der Waals surface area contributed by atoms with Crippen LogP contribution < -0.4 is 14.9 Å². The minimum absolute atomic E-state index is 0.0225. The zero-order valence-corrected chi connectivity index (χ0v) is 40.6. The molecule has 11 nitrogen and oxygen atoms in total. The highest BCUT2D eigenvalue weighted by atomic mass is 32.2. The van der Waals surface area contributed by atoms with Crippen molar-refractivity contribution < 1.29 is 48.2 Å². The SMILES string of the molecule is CN1CC=[N+](CCC(CSc2ccccc2)Nc2ccc(S(=O)(=O)NC(=O)c3ccc(N4CCN(CC5=C(C67CC(C(F)F)(C6)C7)CC(C)(C)CC5)CC4)cc3)cc2S(=O)(=O)C(F)(F)F)CC1. The van der Waals surface area contributed by atoms with Gasteiger partial charge in [-0.1, -0.05) is 43.2 Å². The predicted molar refractivity (Wildman–Crippen MR) is 252 cm³/mol. The van der Waals surface area contributed by atoms with Crippen LogP contribution in [0.25, 0.3) is 0 Å². The van der Waals surface area contributed by atoms with E-state index in [0.29, 0.717) is 57.1 Å². The third-order valence-corrected chi connectivity index (χ3v) is 18.5. The summed E-state index contributed by atoms with van der Waals surface area (Å²) in [6, 6.07) is 17.6. The molecule has 3 aromatic carbocycles. The first-order valence-electron chi connectivity index (χ1n) is 22.9. The lowest BCUT2D eigenvalue weighted by Crippen LogP contribution is -2.66. The molecule has 1 unspecified atom stereocenters. The predicted octanol–water partition coefficient (Wildman–Crippen LogP) is 8.15. The number of hydrogen-bond donors (Lipinski definition) is 2. The fourth-order valence-electron chi connectivity index (χ4n) is 10.5. The average Bonchev–Trinajstić information content (AvgIpc) is 3.25. The van der Waals surface area contributed by atoms with Crippen molar-refractivity contribution >= 4 is 55.1 Å². The van der Waals surface area contributed by atoms with Gasteiger partial charge in [-0.2, -0.15) is 13.2 Å². The molecule has 0 spiro atoms. The number of carbonyl (C=O) groups excluding carboxylic acids is 1. The van der Waals surface area contributed by atoms with E-state index in [1.165, 1.54) is 35.0 Å². The number of sulfone groups is 1. The Hall–Kier alpha value is -4.04. The molecule has 2 bridgehead atoms. The number of amides is 1. The first-order valence-corrected chi connectivity index (χ1v) is 26.8. The summed E-state index contributed by atoms with van der Waals surface area (Å²) < 4.78 is 127. The van der Waals surface area contributed by atoms with Gasteiger partial charge in [0.15, 0.2) is 12.8 Å². The number of thioether (sulfide) groups is 1. The van der Waals surface area contributed by atoms with Gasteiger partial charge >= 0.3 is 5.51 Å². The largest absolute Gasteiger partial charge is 0.501 e. The summed E-state index contributed by atoms with van der Waals surface area (Å²) in [5.41, 5.74) is -3.19. The molecule has 19 heteroatoms. The van der Waals surface area contributed by atoms with Crippen molar-refractivity contribution in [2.45, 2.75) is 91.5 Å². The van der Waals surface area contributed by atoms with E-state index >= 15 is 0 Å². The zero-order valence-electron chi connectivity index (χ0n) is 38.1. The van der Waals surface area contributed by atoms with Crippen molar-refractivity contribution in [1.82, 2.24) is 14.5 Å². The van der Waals surface area contributed by atoms with Crippen LogP contribution in [0.5, 0.6) is 0 Å². The third-order valence-electron chi connectivity index (χ3n) is 14.5. The highest BCUT2D eigenvalue weighted by molar-refractivity contribution is 7.99. The van der Waals surface area contributed by atoms with E-state index in [4.69, 9.17) is 0 Å². The average molecular weight is 992 g/mol. The molecule has 3 aromatic rings. The second-order valence-corrected chi connectivity index (χ2v) is 24.7. The van der Waals surface area contributed by atoms with Crippen molar-refractivity contribution in [3.8, 4) is 0 Å². The van der Waals surface area contributed by atoms with Crippen LogP contribution in [0.15, 0.2) is 98.6 Å². The van der Waals surface area contributed by atoms with Crippen LogP contribution >= 0.6 is 11.8 Å². The standard InChI is InChI=1S/C48H59F5N6O5S3/c1-45(2)17-15-35(40(28-45)46-31-47(32-46,33-46)44(49)50)29-58-23-25-59(26-24-58)37-11-9-34(10-12-37)43(60)55-67(63,64)39-13-14-41(42(27-39)66(61,62)48(51,52)53)54-36(30-65-38-7-5-4-6-8-38)16-18-57-21-19-56(3)20-22-57/h4-14,21,27,36,44,54H,15-20,22-26,28-33H2,1-3H3/p+1. The monoisotopic (exact) mass is 991 g/mol. The molecule has 364 valence electrons. The number of allylic oxidation sites excluding steroid dienone is 1. The number of sulfonamides is 1. The van der Waals surface area contributed by atoms with E-state index in [9.17, 15) is 43.6 Å². The molecule has 0 aromatic heterocycles. The Balaban J connectivity index is 0.921. The van der Waals surface area contributed by atoms with Gasteiger partial charge in [0.2, 0.25) is 6.43 Å². The number of carbonyl (C=O) groups is 1. The van der Waals surface area contributed by atoms with E-state index in [-0.39, 0.29) is 16.4 Å². The Bertz CT molecular complexity index is 2580. The number of anilines is 2. The van der Waals surface area contributed by atoms with Gasteiger partial charge in [-0.05, 0) is 111 Å². The molecular formula is C48H60F5N6O5S3+. The number of nitrogens with one attached hydrogen (secondary N) is 2. The highest BCUT2D eigenvalue weighted by Gasteiger charge is 2.73. The number of piperazine rings is 1. The summed E-state index contributed by atoms with van der Waals surface area (Å²) in [7, 11) is -8.93. The van der Waals surface area contributed by atoms with Gasteiger partial charge in [0.25, 0.3) is 25.8 Å². The quantitative estimate of drug-likeness (QED) is 0.0594. The lowest BCUT2D eigenvalue weighted by molar-refractivity contribution is -0.529. The molecule has 67 heavy (non-hydrogen) atoms. The summed E-state index contributed by atoms with van der Waals surface area (Å²) >= 11 is 1.45. The number of rotatable bonds is 17. The molecule has 6 aliphatic rings. The first-order chi connectivity index (χ1) is 31.6. The molecule has 1 amide bonds. The second-order valence-electron chi connectivity index (χ2n) is 20.0. The topological polar surface area (TPSA) is 122 Å². The molecule has 2 aliphatic heterocycles. The molecule has 1 atom stereocenters. The van der Waals surface area contributed by atoms with E-state index in [1.807, 2.05) is 48.3 Å². The van der Waals surface area contributed by atoms with Crippen LogP contribution in [0.2, 0.25) is 0 Å². The molecule has 1 saturated heterocycles. The van der Waals surface area contributed by atoms with Crippen molar-refractivity contribution in [3.63, 3.8) is 0 Å². The van der Waals surface area contributed by atoms with Gasteiger partial charge in [0, 0.05) is 72.5 Å². The van der Waals surface area contributed by atoms with E-state index in [1.54, 1.807) is 12.1 Å². The Morgan fingerprint density at radius 1 is 0.910 bits per heavy atom. The summed E-state index contributed by atoms with van der Waals surface area (Å²) in [6.45, 7) is 11.2. The third kappa shape index (κ3) is 10.7. The number of nitrogens with zero attached hydrogens (tertiary/aromatic N) is 4. The zero-order chi connectivity index (χ0) is 48.0. The summed E-state index contributed by atoms with van der Waals surface area (Å²) in [5, 5.41) is 3.00. The van der Waals surface area contributed by atoms with Crippen molar-refractivity contribution in [1.29, 1.82) is 0 Å². The highest BCUT2D eigenvalue weighted by Crippen LogP contribution is 2.79. The molecule has 2 N–H and O–H groups in total. The lowest BCUT2D eigenvalue weighted by Gasteiger charge is -2.72. The van der Waals surface area contributed by atoms with Gasteiger partial charge in [0.05, 0.1) is 23.7 Å². The van der Waals surface area contributed by atoms with E-state index in [0.717, 1.165) is 81.2 Å². The Morgan fingerprint density at radius 2 is 1.60 bits per heavy atom. The molecule has 4 aliphatic carbocycles. The van der Waals surface area contributed by atoms with Crippen molar-refractivity contribution in [2.75, 3.05) is 81.9 Å². The van der Waals surface area contributed by atoms with Crippen LogP contribution in [0.3, 0.4) is 0 Å². The summed E-state index contributed by atoms with van der Waals surface area (Å²) in [4.78, 5) is 18.9. The molecule has 4 fully saturated rings. The number of hydrogen-bond acceptors (Lipinski definition) is 10. The molecular weight excluding hydrogens is 932 g/mol. The Morgan fingerprint density at radius 3 is 2.22 bits per heavy atom. The van der Waals surface area contributed by atoms with Gasteiger partial charge < -0.3 is 10.2 Å². The molecule has 2 heterocycles. The number of halogens is 5. The van der Waals surface area contributed by atoms with Crippen LogP contribution in [-0.2, 0) is 19.9 Å².